The van der Waals surface area contributed by atoms with Gasteiger partial charge in [0.2, 0.25) is 0 Å². The minimum Gasteiger partial charge on any atom is -0.323 e. The molecular formula is C15H8ClFN2S. The second kappa shape index (κ2) is 4.36. The fourth-order valence-electron chi connectivity index (χ4n) is 2.42. The van der Waals surface area contributed by atoms with Crippen molar-refractivity contribution in [2.24, 2.45) is 0 Å². The van der Waals surface area contributed by atoms with Crippen molar-refractivity contribution in [2.45, 2.75) is 4.90 Å². The summed E-state index contributed by atoms with van der Waals surface area (Å²) in [4.78, 5) is 5.37. The van der Waals surface area contributed by atoms with Gasteiger partial charge in [0.25, 0.3) is 0 Å². The molecule has 1 N–H and O–H groups in total. The molecule has 0 radical (unpaired) electrons. The molecule has 98 valence electrons. The van der Waals surface area contributed by atoms with Crippen LogP contribution in [-0.4, -0.2) is 4.98 Å². The Hall–Kier alpha value is -1.78. The predicted molar refractivity (Wildman–Crippen MR) is 81.6 cm³/mol. The second-order valence-corrected chi connectivity index (χ2v) is 5.78. The highest BCUT2D eigenvalue weighted by atomic mass is 35.5. The van der Waals surface area contributed by atoms with Crippen LogP contribution in [0, 0.1) is 5.82 Å². The number of benzene rings is 2. The number of hydrogen-bond acceptors (Lipinski definition) is 3. The monoisotopic (exact) mass is 302 g/mol. The molecule has 2 nitrogen and oxygen atoms in total. The van der Waals surface area contributed by atoms with E-state index in [1.807, 2.05) is 18.2 Å². The first kappa shape index (κ1) is 12.0. The van der Waals surface area contributed by atoms with Crippen LogP contribution in [0.15, 0.2) is 47.5 Å². The van der Waals surface area contributed by atoms with Gasteiger partial charge < -0.3 is 4.72 Å². The van der Waals surface area contributed by atoms with E-state index in [2.05, 4.69) is 9.71 Å². The van der Waals surface area contributed by atoms with Crippen LogP contribution in [0.2, 0.25) is 5.02 Å². The Bertz CT molecular complexity index is 851. The second-order valence-electron chi connectivity index (χ2n) is 4.53. The molecule has 0 amide bonds. The lowest BCUT2D eigenvalue weighted by Gasteiger charge is -2.22. The molecule has 2 heterocycles. The lowest BCUT2D eigenvalue weighted by molar-refractivity contribution is 0.627. The number of pyridine rings is 1. The van der Waals surface area contributed by atoms with Crippen LogP contribution in [-0.2, 0) is 0 Å². The molecule has 3 aromatic rings. The summed E-state index contributed by atoms with van der Waals surface area (Å²) in [6.45, 7) is 0. The summed E-state index contributed by atoms with van der Waals surface area (Å²) in [5, 5.41) is 1.51. The third kappa shape index (κ3) is 1.69. The fourth-order valence-corrected chi connectivity index (χ4v) is 3.52. The summed E-state index contributed by atoms with van der Waals surface area (Å²) >= 11 is 7.79. The molecule has 0 fully saturated rings. The molecule has 0 aliphatic carbocycles. The minimum absolute atomic E-state index is 0.255. The fraction of sp³-hybridized carbons (Fsp3) is 0. The normalized spacial score (nSPS) is 12.7. The number of rotatable bonds is 0. The van der Waals surface area contributed by atoms with Crippen LogP contribution in [0.5, 0.6) is 0 Å². The molecule has 0 unspecified atom stereocenters. The van der Waals surface area contributed by atoms with Gasteiger partial charge >= 0.3 is 0 Å². The van der Waals surface area contributed by atoms with E-state index in [1.165, 1.54) is 24.1 Å². The topological polar surface area (TPSA) is 24.9 Å². The first-order valence-corrected chi connectivity index (χ1v) is 7.23. The number of aromatic nitrogens is 1. The zero-order chi connectivity index (χ0) is 13.7. The van der Waals surface area contributed by atoms with Crippen molar-refractivity contribution in [3.63, 3.8) is 0 Å². The summed E-state index contributed by atoms with van der Waals surface area (Å²) in [7, 11) is 0. The van der Waals surface area contributed by atoms with Crippen molar-refractivity contribution in [1.82, 2.24) is 4.98 Å². The van der Waals surface area contributed by atoms with Crippen molar-refractivity contribution in [2.75, 3.05) is 4.72 Å². The van der Waals surface area contributed by atoms with Gasteiger partial charge in [-0.05, 0) is 48.3 Å². The van der Waals surface area contributed by atoms with E-state index >= 15 is 0 Å². The number of hydrogen-bond donors (Lipinski definition) is 1. The van der Waals surface area contributed by atoms with Crippen molar-refractivity contribution in [1.29, 1.82) is 0 Å². The summed E-state index contributed by atoms with van der Waals surface area (Å²) in [6, 6.07) is 10.4. The molecule has 4 rings (SSSR count). The molecule has 5 heteroatoms. The Labute approximate surface area is 124 Å². The molecule has 0 spiro atoms. The summed E-state index contributed by atoms with van der Waals surface area (Å²) < 4.78 is 16.8. The predicted octanol–water partition coefficient (Wildman–Crippen LogP) is 5.13. The first-order valence-electron chi connectivity index (χ1n) is 6.04. The van der Waals surface area contributed by atoms with Crippen LogP contribution in [0.4, 0.5) is 10.1 Å². The molecule has 1 aliphatic heterocycles. The summed E-state index contributed by atoms with van der Waals surface area (Å²) in [5.74, 6) is -0.255. The molecule has 0 saturated carbocycles. The third-order valence-corrected chi connectivity index (χ3v) is 4.53. The highest BCUT2D eigenvalue weighted by molar-refractivity contribution is 8.00. The third-order valence-electron chi connectivity index (χ3n) is 3.34. The Balaban J connectivity index is 2.11. The molecule has 20 heavy (non-hydrogen) atoms. The van der Waals surface area contributed by atoms with Crippen LogP contribution in [0.25, 0.3) is 22.0 Å². The van der Waals surface area contributed by atoms with Gasteiger partial charge in [0.1, 0.15) is 5.82 Å². The van der Waals surface area contributed by atoms with Crippen molar-refractivity contribution in [3.05, 3.63) is 53.4 Å². The van der Waals surface area contributed by atoms with Gasteiger partial charge in [0.05, 0.1) is 16.2 Å². The van der Waals surface area contributed by atoms with Gasteiger partial charge in [-0.25, -0.2) is 4.39 Å². The van der Waals surface area contributed by atoms with E-state index < -0.39 is 0 Å². The van der Waals surface area contributed by atoms with E-state index in [0.29, 0.717) is 5.02 Å². The minimum atomic E-state index is -0.255. The Morgan fingerprint density at radius 1 is 1.15 bits per heavy atom. The largest absolute Gasteiger partial charge is 0.323 e. The molecule has 1 aromatic heterocycles. The Morgan fingerprint density at radius 2 is 2.05 bits per heavy atom. The Morgan fingerprint density at radius 3 is 2.95 bits per heavy atom. The Kier molecular flexibility index (Phi) is 2.62. The summed E-state index contributed by atoms with van der Waals surface area (Å²) in [5.41, 5.74) is 3.41. The van der Waals surface area contributed by atoms with Crippen molar-refractivity contribution in [3.8, 4) is 11.1 Å². The number of nitrogens with one attached hydrogen (secondary N) is 1. The number of nitrogens with zero attached hydrogens (tertiary/aromatic N) is 1. The van der Waals surface area contributed by atoms with Crippen LogP contribution >= 0.6 is 23.5 Å². The molecule has 0 atom stereocenters. The van der Waals surface area contributed by atoms with Gasteiger partial charge in [-0.1, -0.05) is 11.6 Å². The molecule has 1 aliphatic rings. The van der Waals surface area contributed by atoms with E-state index in [1.54, 1.807) is 12.3 Å². The number of halogens is 2. The average Bonchev–Trinajstić information content (AvgIpc) is 2.47. The van der Waals surface area contributed by atoms with Crippen LogP contribution in [0.3, 0.4) is 0 Å². The molecule has 0 bridgehead atoms. The van der Waals surface area contributed by atoms with Crippen molar-refractivity contribution >= 4 is 40.1 Å². The quantitative estimate of drug-likeness (QED) is 0.583. The summed E-state index contributed by atoms with van der Waals surface area (Å²) in [6.07, 6.45) is 1.73. The van der Waals surface area contributed by atoms with Crippen LogP contribution < -0.4 is 4.72 Å². The van der Waals surface area contributed by atoms with Crippen molar-refractivity contribution < 1.29 is 4.39 Å². The number of anilines is 1. The van der Waals surface area contributed by atoms with E-state index in [0.717, 1.165) is 32.6 Å². The zero-order valence-corrected chi connectivity index (χ0v) is 11.7. The van der Waals surface area contributed by atoms with Crippen LogP contribution in [0.1, 0.15) is 0 Å². The highest BCUT2D eigenvalue weighted by Crippen LogP contribution is 2.46. The van der Waals surface area contributed by atoms with Gasteiger partial charge in [0.15, 0.2) is 0 Å². The lowest BCUT2D eigenvalue weighted by Crippen LogP contribution is -2.01. The maximum atomic E-state index is 13.5. The molecular weight excluding hydrogens is 295 g/mol. The molecule has 0 saturated heterocycles. The number of fused-ring (bicyclic) bond motifs is 5. The van der Waals surface area contributed by atoms with Gasteiger partial charge in [-0.15, -0.1) is 0 Å². The average molecular weight is 303 g/mol. The smallest absolute Gasteiger partial charge is 0.123 e. The maximum Gasteiger partial charge on any atom is 0.123 e. The first-order chi connectivity index (χ1) is 9.74. The lowest BCUT2D eigenvalue weighted by atomic mass is 10.0. The van der Waals surface area contributed by atoms with E-state index in [-0.39, 0.29) is 5.82 Å². The standard InChI is InChI=1S/C15H8ClFN2S/c16-12-7-11-10-6-8(17)3-4-13(10)20-19-15(11)14-9(12)2-1-5-18-14/h1-7,19H. The molecule has 2 aromatic carbocycles. The SMILES string of the molecule is Fc1ccc2c(c1)-c1cc(Cl)c3cccnc3c1NS2. The van der Waals surface area contributed by atoms with E-state index in [4.69, 9.17) is 11.6 Å². The van der Waals surface area contributed by atoms with Gasteiger partial charge in [-0.2, -0.15) is 0 Å². The maximum absolute atomic E-state index is 13.5. The highest BCUT2D eigenvalue weighted by Gasteiger charge is 2.21. The van der Waals surface area contributed by atoms with Gasteiger partial charge in [0, 0.05) is 27.6 Å². The van der Waals surface area contributed by atoms with E-state index in [9.17, 15) is 4.39 Å². The zero-order valence-electron chi connectivity index (χ0n) is 10.2. The van der Waals surface area contributed by atoms with Gasteiger partial charge in [-0.3, -0.25) is 4.98 Å².